The lowest BCUT2D eigenvalue weighted by Crippen LogP contribution is -2.34. The molecule has 1 unspecified atom stereocenters. The number of hydrogen-bond acceptors (Lipinski definition) is 6. The number of piperidine rings is 1. The maximum Gasteiger partial charge on any atom is 0.345 e. The van der Waals surface area contributed by atoms with Crippen LogP contribution in [0.4, 0.5) is 5.69 Å². The van der Waals surface area contributed by atoms with E-state index in [9.17, 15) is 19.8 Å². The normalized spacial score (nSPS) is 21.6. The first-order valence-corrected chi connectivity index (χ1v) is 14.5. The van der Waals surface area contributed by atoms with Crippen LogP contribution in [0.15, 0.2) is 83.7 Å². The van der Waals surface area contributed by atoms with Gasteiger partial charge in [-0.3, -0.25) is 9.69 Å². The lowest BCUT2D eigenvalue weighted by molar-refractivity contribution is 0.0691. The number of carboxylic acids is 1. The molecule has 0 bridgehead atoms. The van der Waals surface area contributed by atoms with Crippen molar-refractivity contribution in [3.63, 3.8) is 0 Å². The number of aromatic hydroxyl groups is 1. The molecule has 1 aromatic heterocycles. The van der Waals surface area contributed by atoms with Crippen molar-refractivity contribution in [1.82, 2.24) is 9.88 Å². The average molecular weight is 600 g/mol. The molecule has 2 aliphatic heterocycles. The van der Waals surface area contributed by atoms with Crippen LogP contribution in [0, 0.1) is 11.8 Å². The minimum atomic E-state index is -1.46. The smallest absolute Gasteiger partial charge is 0.345 e. The van der Waals surface area contributed by atoms with Gasteiger partial charge in [-0.05, 0) is 35.1 Å². The Balaban J connectivity index is 0.00000329. The second-order valence-corrected chi connectivity index (χ2v) is 11.8. The summed E-state index contributed by atoms with van der Waals surface area (Å²) < 4.78 is 6.15. The number of fused-ring (bicyclic) bond motifs is 4. The molecule has 4 atom stereocenters. The third-order valence-corrected chi connectivity index (χ3v) is 9.05. The fourth-order valence-corrected chi connectivity index (χ4v) is 6.98. The van der Waals surface area contributed by atoms with E-state index in [4.69, 9.17) is 4.74 Å². The molecule has 0 spiro atoms. The van der Waals surface area contributed by atoms with Crippen molar-refractivity contribution in [2.45, 2.75) is 32.0 Å². The summed E-state index contributed by atoms with van der Waals surface area (Å²) in [6, 6.07) is 27.8. The van der Waals surface area contributed by atoms with Crippen molar-refractivity contribution in [2.24, 2.45) is 11.8 Å². The Kier molecular flexibility index (Phi) is 7.66. The van der Waals surface area contributed by atoms with Crippen molar-refractivity contribution in [2.75, 3.05) is 24.6 Å². The Bertz CT molecular complexity index is 1660. The Hall–Kier alpha value is -4.27. The predicted molar refractivity (Wildman–Crippen MR) is 167 cm³/mol. The van der Waals surface area contributed by atoms with Crippen LogP contribution in [0.2, 0.25) is 0 Å². The number of aromatic carboxylic acids is 1. The minimum Gasteiger partial charge on any atom is -0.506 e. The van der Waals surface area contributed by atoms with Gasteiger partial charge < -0.3 is 24.8 Å². The third-order valence-electron chi connectivity index (χ3n) is 9.05. The number of nitrogens with zero attached hydrogens (tertiary/aromatic N) is 2. The molecular formula is C34H34ClN3O5. The molecule has 43 heavy (non-hydrogen) atoms. The highest BCUT2D eigenvalue weighted by Gasteiger charge is 2.58. The van der Waals surface area contributed by atoms with Gasteiger partial charge in [-0.15, -0.1) is 12.4 Å². The zero-order valence-electron chi connectivity index (χ0n) is 23.8. The van der Waals surface area contributed by atoms with E-state index in [1.807, 2.05) is 25.1 Å². The average Bonchev–Trinajstić information content (AvgIpc) is 3.52. The van der Waals surface area contributed by atoms with Crippen LogP contribution in [0.5, 0.6) is 11.5 Å². The summed E-state index contributed by atoms with van der Waals surface area (Å²) in [4.78, 5) is 31.9. The van der Waals surface area contributed by atoms with Crippen LogP contribution >= 0.6 is 12.4 Å². The van der Waals surface area contributed by atoms with Crippen LogP contribution in [0.3, 0.4) is 0 Å². The number of benzene rings is 3. The monoisotopic (exact) mass is 599 g/mol. The summed E-state index contributed by atoms with van der Waals surface area (Å²) in [6.45, 7) is 5.86. The topological polar surface area (TPSA) is 106 Å². The zero-order chi connectivity index (χ0) is 29.0. The number of ether oxygens (including phenoxy) is 1. The second-order valence-electron chi connectivity index (χ2n) is 11.8. The lowest BCUT2D eigenvalue weighted by Gasteiger charge is -2.29. The number of anilines is 1. The van der Waals surface area contributed by atoms with Gasteiger partial charge in [0.1, 0.15) is 11.5 Å². The highest BCUT2D eigenvalue weighted by atomic mass is 35.5. The maximum absolute atomic E-state index is 12.6. The van der Waals surface area contributed by atoms with Gasteiger partial charge in [-0.25, -0.2) is 4.79 Å². The lowest BCUT2D eigenvalue weighted by atomic mass is 9.94. The highest BCUT2D eigenvalue weighted by Crippen LogP contribution is 2.52. The maximum atomic E-state index is 12.6. The first-order chi connectivity index (χ1) is 20.4. The summed E-state index contributed by atoms with van der Waals surface area (Å²) >= 11 is 0. The van der Waals surface area contributed by atoms with E-state index in [-0.39, 0.29) is 24.9 Å². The van der Waals surface area contributed by atoms with Gasteiger partial charge in [-0.2, -0.15) is 0 Å². The summed E-state index contributed by atoms with van der Waals surface area (Å²) in [5.74, 6) is -0.479. The first kappa shape index (κ1) is 28.8. The molecule has 2 fully saturated rings. The molecule has 222 valence electrons. The summed E-state index contributed by atoms with van der Waals surface area (Å²) in [7, 11) is 0. The van der Waals surface area contributed by atoms with Crippen molar-refractivity contribution < 1.29 is 19.7 Å². The predicted octanol–water partition coefficient (Wildman–Crippen LogP) is 5.50. The van der Waals surface area contributed by atoms with Gasteiger partial charge in [0, 0.05) is 61.0 Å². The Morgan fingerprint density at radius 2 is 1.58 bits per heavy atom. The molecule has 0 radical (unpaired) electrons. The summed E-state index contributed by atoms with van der Waals surface area (Å²) in [6.07, 6.45) is 0. The Morgan fingerprint density at radius 3 is 2.16 bits per heavy atom. The van der Waals surface area contributed by atoms with E-state index in [1.54, 1.807) is 0 Å². The van der Waals surface area contributed by atoms with E-state index in [2.05, 4.69) is 75.4 Å². The summed E-state index contributed by atoms with van der Waals surface area (Å²) in [5, 5.41) is 20.2. The van der Waals surface area contributed by atoms with Gasteiger partial charge in [0.05, 0.1) is 12.3 Å². The molecule has 7 rings (SSSR count). The van der Waals surface area contributed by atoms with E-state index in [0.717, 1.165) is 31.9 Å². The number of rotatable bonds is 7. The number of hydrogen-bond donors (Lipinski definition) is 3. The standard InChI is InChI=1S/C34H33N3O5.ClH/c1-20-19-42-27-14-23(12-13-24(27)30-28(20)32(38)29(34(40)41)33(39)35-30)36-17-25-26(18-36)31(25)37(15-21-8-4-2-5-9-21)16-22-10-6-3-7-11-22;/h2-14,20,25-26,31H,15-19H2,1H3,(H,40,41)(H2,35,38,39);1H/t20?,25-,26+,31+;. The Labute approximate surface area is 256 Å². The number of nitrogens with one attached hydrogen (secondary N) is 1. The number of aromatic nitrogens is 1. The highest BCUT2D eigenvalue weighted by molar-refractivity contribution is 5.92. The van der Waals surface area contributed by atoms with Crippen LogP contribution in [-0.4, -0.2) is 51.8 Å². The third kappa shape index (κ3) is 5.26. The molecule has 1 saturated heterocycles. The van der Waals surface area contributed by atoms with E-state index in [0.29, 0.717) is 40.4 Å². The first-order valence-electron chi connectivity index (χ1n) is 14.5. The van der Waals surface area contributed by atoms with Gasteiger partial charge in [0.2, 0.25) is 0 Å². The van der Waals surface area contributed by atoms with Gasteiger partial charge in [0.15, 0.2) is 5.56 Å². The van der Waals surface area contributed by atoms with Crippen molar-refractivity contribution in [3.05, 3.63) is 111 Å². The van der Waals surface area contributed by atoms with E-state index < -0.39 is 22.8 Å². The molecule has 8 nitrogen and oxygen atoms in total. The molecule has 0 amide bonds. The summed E-state index contributed by atoms with van der Waals surface area (Å²) in [5.41, 5.74) is 3.68. The minimum absolute atomic E-state index is 0. The van der Waals surface area contributed by atoms with E-state index in [1.165, 1.54) is 11.1 Å². The number of pyridine rings is 1. The van der Waals surface area contributed by atoms with Crippen molar-refractivity contribution in [1.29, 1.82) is 0 Å². The molecule has 4 aromatic rings. The van der Waals surface area contributed by atoms with Crippen LogP contribution in [0.25, 0.3) is 11.3 Å². The molecule has 3 N–H and O–H groups in total. The second kappa shape index (κ2) is 11.4. The quantitative estimate of drug-likeness (QED) is 0.258. The Morgan fingerprint density at radius 1 is 0.977 bits per heavy atom. The molecule has 3 aromatic carbocycles. The molecule has 1 saturated carbocycles. The van der Waals surface area contributed by atoms with Crippen molar-refractivity contribution in [3.8, 4) is 22.8 Å². The fraction of sp³-hybridized carbons (Fsp3) is 0.294. The van der Waals surface area contributed by atoms with Crippen LogP contribution in [0.1, 0.15) is 39.9 Å². The molecular weight excluding hydrogens is 566 g/mol. The van der Waals surface area contributed by atoms with Crippen LogP contribution in [-0.2, 0) is 13.1 Å². The SMILES string of the molecule is CC1COc2cc(N3C[C@@H]4[C@H](C3)[C@H]4N(Cc3ccccc3)Cc3ccccc3)ccc2-c2[nH]c(=O)c(C(=O)O)c(O)c21.Cl. The van der Waals surface area contributed by atoms with Gasteiger partial charge in [0.25, 0.3) is 5.56 Å². The molecule has 3 heterocycles. The number of aromatic amines is 1. The number of halogens is 1. The largest absolute Gasteiger partial charge is 0.506 e. The van der Waals surface area contributed by atoms with Gasteiger partial charge in [-0.1, -0.05) is 67.6 Å². The zero-order valence-corrected chi connectivity index (χ0v) is 24.6. The van der Waals surface area contributed by atoms with E-state index >= 15 is 0 Å². The number of carboxylic acid groups (broad SMARTS) is 1. The molecule has 3 aliphatic rings. The number of H-pyrrole nitrogens is 1. The van der Waals surface area contributed by atoms with Crippen molar-refractivity contribution >= 4 is 24.1 Å². The fourth-order valence-electron chi connectivity index (χ4n) is 6.98. The van der Waals surface area contributed by atoms with Crippen LogP contribution < -0.4 is 15.2 Å². The number of carbonyl (C=O) groups is 1. The molecule has 9 heteroatoms. The van der Waals surface area contributed by atoms with Gasteiger partial charge >= 0.3 is 5.97 Å². The molecule has 1 aliphatic carbocycles.